The smallest absolute Gasteiger partial charge is 0.333 e. The highest BCUT2D eigenvalue weighted by Crippen LogP contribution is 2.42. The molecule has 0 radical (unpaired) electrons. The van der Waals surface area contributed by atoms with Crippen LogP contribution in [-0.4, -0.2) is 36.9 Å². The molecule has 0 saturated carbocycles. The molecule has 2 aliphatic rings. The van der Waals surface area contributed by atoms with Gasteiger partial charge in [-0.1, -0.05) is 0 Å². The van der Waals surface area contributed by atoms with Crippen LogP contribution in [0.3, 0.4) is 0 Å². The molecular formula is C8H13NO3. The van der Waals surface area contributed by atoms with Crippen LogP contribution in [0, 0.1) is 5.41 Å². The zero-order chi connectivity index (χ0) is 8.60. The van der Waals surface area contributed by atoms with Crippen LogP contribution >= 0.6 is 0 Å². The van der Waals surface area contributed by atoms with Gasteiger partial charge in [0.25, 0.3) is 0 Å². The van der Waals surface area contributed by atoms with E-state index in [4.69, 9.17) is 9.84 Å². The van der Waals surface area contributed by atoms with Crippen LogP contribution in [0.4, 0.5) is 0 Å². The third-order valence-electron chi connectivity index (χ3n) is 2.92. The molecular weight excluding hydrogens is 158 g/mol. The number of carboxylic acid groups (broad SMARTS) is 1. The Bertz CT molecular complexity index is 198. The molecule has 12 heavy (non-hydrogen) atoms. The fraction of sp³-hybridized carbons (Fsp3) is 0.875. The molecule has 2 aliphatic heterocycles. The Morgan fingerprint density at radius 3 is 2.58 bits per heavy atom. The summed E-state index contributed by atoms with van der Waals surface area (Å²) >= 11 is 0. The Balaban J connectivity index is 2.05. The lowest BCUT2D eigenvalue weighted by atomic mass is 9.71. The molecule has 2 heterocycles. The van der Waals surface area contributed by atoms with E-state index in [0.717, 1.165) is 25.9 Å². The second-order valence-corrected chi connectivity index (χ2v) is 3.64. The first kappa shape index (κ1) is 8.01. The van der Waals surface area contributed by atoms with Crippen LogP contribution in [-0.2, 0) is 9.53 Å². The van der Waals surface area contributed by atoms with E-state index in [9.17, 15) is 4.79 Å². The molecule has 0 aromatic carbocycles. The summed E-state index contributed by atoms with van der Waals surface area (Å²) in [6.07, 6.45) is 1.33. The van der Waals surface area contributed by atoms with Gasteiger partial charge in [-0.3, -0.25) is 0 Å². The number of aliphatic carboxylic acids is 1. The molecule has 1 atom stereocenters. The van der Waals surface area contributed by atoms with Gasteiger partial charge in [0.05, 0.1) is 6.61 Å². The largest absolute Gasteiger partial charge is 0.479 e. The van der Waals surface area contributed by atoms with Crippen LogP contribution in [0.2, 0.25) is 0 Å². The van der Waals surface area contributed by atoms with Gasteiger partial charge in [0.1, 0.15) is 0 Å². The van der Waals surface area contributed by atoms with Crippen molar-refractivity contribution in [1.29, 1.82) is 0 Å². The zero-order valence-electron chi connectivity index (χ0n) is 6.88. The van der Waals surface area contributed by atoms with Crippen molar-refractivity contribution < 1.29 is 14.6 Å². The van der Waals surface area contributed by atoms with E-state index >= 15 is 0 Å². The van der Waals surface area contributed by atoms with Crippen LogP contribution in [0.5, 0.6) is 0 Å². The van der Waals surface area contributed by atoms with E-state index < -0.39 is 12.1 Å². The monoisotopic (exact) mass is 171 g/mol. The van der Waals surface area contributed by atoms with Crippen LogP contribution < -0.4 is 5.32 Å². The van der Waals surface area contributed by atoms with Crippen molar-refractivity contribution in [3.63, 3.8) is 0 Å². The fourth-order valence-corrected chi connectivity index (χ4v) is 2.07. The summed E-state index contributed by atoms with van der Waals surface area (Å²) in [4.78, 5) is 10.7. The summed E-state index contributed by atoms with van der Waals surface area (Å²) in [5.41, 5.74) is -0.0446. The predicted molar refractivity (Wildman–Crippen MR) is 41.9 cm³/mol. The van der Waals surface area contributed by atoms with Gasteiger partial charge in [-0.25, -0.2) is 4.79 Å². The first-order valence-corrected chi connectivity index (χ1v) is 4.30. The second kappa shape index (κ2) is 2.71. The second-order valence-electron chi connectivity index (χ2n) is 3.64. The Hall–Kier alpha value is -0.610. The number of hydrogen-bond donors (Lipinski definition) is 2. The highest BCUT2D eigenvalue weighted by Gasteiger charge is 2.52. The number of hydrogen-bond acceptors (Lipinski definition) is 3. The number of piperidine rings is 1. The third-order valence-corrected chi connectivity index (χ3v) is 2.92. The lowest BCUT2D eigenvalue weighted by Crippen LogP contribution is -2.59. The van der Waals surface area contributed by atoms with Crippen molar-refractivity contribution in [2.75, 3.05) is 19.7 Å². The van der Waals surface area contributed by atoms with Gasteiger partial charge in [-0.05, 0) is 25.9 Å². The van der Waals surface area contributed by atoms with Crippen molar-refractivity contribution in [3.05, 3.63) is 0 Å². The number of carboxylic acids is 1. The van der Waals surface area contributed by atoms with Crippen LogP contribution in [0.15, 0.2) is 0 Å². The average molecular weight is 171 g/mol. The highest BCUT2D eigenvalue weighted by atomic mass is 16.5. The molecule has 2 saturated heterocycles. The van der Waals surface area contributed by atoms with Gasteiger partial charge in [-0.2, -0.15) is 0 Å². The highest BCUT2D eigenvalue weighted by molar-refractivity contribution is 5.74. The van der Waals surface area contributed by atoms with E-state index in [1.807, 2.05) is 0 Å². The molecule has 0 amide bonds. The predicted octanol–water partition coefficient (Wildman–Crippen LogP) is -0.160. The van der Waals surface area contributed by atoms with Crippen LogP contribution in [0.25, 0.3) is 0 Å². The minimum atomic E-state index is -0.803. The number of ether oxygens (including phenoxy) is 1. The van der Waals surface area contributed by atoms with E-state index in [1.165, 1.54) is 0 Å². The Morgan fingerprint density at radius 2 is 2.17 bits per heavy atom. The van der Waals surface area contributed by atoms with E-state index in [0.29, 0.717) is 6.61 Å². The van der Waals surface area contributed by atoms with Gasteiger partial charge in [0.2, 0.25) is 0 Å². The number of nitrogens with one attached hydrogen (secondary N) is 1. The van der Waals surface area contributed by atoms with Gasteiger partial charge in [0, 0.05) is 5.41 Å². The maximum absolute atomic E-state index is 10.7. The lowest BCUT2D eigenvalue weighted by Gasteiger charge is -2.49. The number of rotatable bonds is 1. The third kappa shape index (κ3) is 1.03. The van der Waals surface area contributed by atoms with E-state index in [-0.39, 0.29) is 5.41 Å². The maximum Gasteiger partial charge on any atom is 0.333 e. The molecule has 2 fully saturated rings. The summed E-state index contributed by atoms with van der Waals surface area (Å²) < 4.78 is 5.06. The molecule has 1 spiro atoms. The normalized spacial score (nSPS) is 32.8. The molecule has 68 valence electrons. The van der Waals surface area contributed by atoms with Gasteiger partial charge in [-0.15, -0.1) is 0 Å². The van der Waals surface area contributed by atoms with Crippen molar-refractivity contribution in [2.45, 2.75) is 18.9 Å². The molecule has 1 unspecified atom stereocenters. The SMILES string of the molecule is O=C(O)C1OCC12CCNCC2. The number of carbonyl (C=O) groups is 1. The Morgan fingerprint density at radius 1 is 1.50 bits per heavy atom. The molecule has 0 aromatic heterocycles. The summed E-state index contributed by atoms with van der Waals surface area (Å²) in [7, 11) is 0. The summed E-state index contributed by atoms with van der Waals surface area (Å²) in [6.45, 7) is 2.48. The van der Waals surface area contributed by atoms with Crippen LogP contribution in [0.1, 0.15) is 12.8 Å². The molecule has 2 N–H and O–H groups in total. The quantitative estimate of drug-likeness (QED) is 0.575. The summed E-state index contributed by atoms with van der Waals surface area (Å²) in [5.74, 6) is -0.803. The summed E-state index contributed by atoms with van der Waals surface area (Å²) in [5, 5.41) is 12.0. The van der Waals surface area contributed by atoms with E-state index in [1.54, 1.807) is 0 Å². The molecule has 2 rings (SSSR count). The van der Waals surface area contributed by atoms with Crippen molar-refractivity contribution in [2.24, 2.45) is 5.41 Å². The topological polar surface area (TPSA) is 58.6 Å². The molecule has 0 aromatic rings. The van der Waals surface area contributed by atoms with Crippen molar-refractivity contribution >= 4 is 5.97 Å². The lowest BCUT2D eigenvalue weighted by molar-refractivity contribution is -0.215. The first-order chi connectivity index (χ1) is 5.75. The average Bonchev–Trinajstić information content (AvgIpc) is 2.03. The Kier molecular flexibility index (Phi) is 1.81. The van der Waals surface area contributed by atoms with Crippen molar-refractivity contribution in [1.82, 2.24) is 5.32 Å². The fourth-order valence-electron chi connectivity index (χ4n) is 2.07. The minimum Gasteiger partial charge on any atom is -0.479 e. The van der Waals surface area contributed by atoms with Gasteiger partial charge >= 0.3 is 5.97 Å². The van der Waals surface area contributed by atoms with Crippen molar-refractivity contribution in [3.8, 4) is 0 Å². The molecule has 0 bridgehead atoms. The Labute approximate surface area is 70.9 Å². The molecule has 0 aliphatic carbocycles. The zero-order valence-corrected chi connectivity index (χ0v) is 6.88. The molecule has 4 heteroatoms. The molecule has 4 nitrogen and oxygen atoms in total. The maximum atomic E-state index is 10.7. The van der Waals surface area contributed by atoms with Gasteiger partial charge < -0.3 is 15.2 Å². The minimum absolute atomic E-state index is 0.0446. The summed E-state index contributed by atoms with van der Waals surface area (Å²) in [6, 6.07) is 0. The first-order valence-electron chi connectivity index (χ1n) is 4.30. The van der Waals surface area contributed by atoms with E-state index in [2.05, 4.69) is 5.32 Å². The van der Waals surface area contributed by atoms with Gasteiger partial charge in [0.15, 0.2) is 6.10 Å². The standard InChI is InChI=1S/C8H13NO3/c10-7(11)6-8(5-12-6)1-3-9-4-2-8/h6,9H,1-5H2,(H,10,11).